The van der Waals surface area contributed by atoms with Crippen LogP contribution in [0.5, 0.6) is 5.75 Å². The molecular formula is C22H25BrN2O3. The topological polar surface area (TPSA) is 67.4 Å². The molecule has 0 bridgehead atoms. The minimum absolute atomic E-state index is 0.145. The molecule has 5 nitrogen and oxygen atoms in total. The zero-order valence-electron chi connectivity index (χ0n) is 16.0. The average Bonchev–Trinajstić information content (AvgIpc) is 2.70. The number of halogens is 1. The third-order valence-corrected chi connectivity index (χ3v) is 5.65. The first-order valence-electron chi connectivity index (χ1n) is 9.52. The number of amides is 2. The standard InChI is InChI=1S/C22H25BrN2O3/c1-28-19-7-5-6-16(14-19)15-20(26)25-22(12-3-2-4-13-22)21(27)24-18-10-8-17(23)9-11-18/h5-11,14H,2-4,12-13,15H2,1H3,(H,24,27)(H,25,26). The van der Waals surface area contributed by atoms with E-state index in [4.69, 9.17) is 4.74 Å². The van der Waals surface area contributed by atoms with Crippen molar-refractivity contribution in [3.63, 3.8) is 0 Å². The third kappa shape index (κ3) is 5.13. The van der Waals surface area contributed by atoms with E-state index >= 15 is 0 Å². The van der Waals surface area contributed by atoms with Gasteiger partial charge >= 0.3 is 0 Å². The fraction of sp³-hybridized carbons (Fsp3) is 0.364. The van der Waals surface area contributed by atoms with Gasteiger partial charge in [-0.05, 0) is 54.8 Å². The number of methoxy groups -OCH3 is 1. The highest BCUT2D eigenvalue weighted by atomic mass is 79.9. The maximum atomic E-state index is 13.1. The number of anilines is 1. The molecule has 2 amide bonds. The molecule has 0 saturated heterocycles. The normalized spacial score (nSPS) is 15.5. The van der Waals surface area contributed by atoms with Crippen molar-refractivity contribution in [1.29, 1.82) is 0 Å². The van der Waals surface area contributed by atoms with E-state index in [2.05, 4.69) is 26.6 Å². The van der Waals surface area contributed by atoms with Crippen LogP contribution < -0.4 is 15.4 Å². The van der Waals surface area contributed by atoms with Crippen LogP contribution in [0.4, 0.5) is 5.69 Å². The van der Waals surface area contributed by atoms with Gasteiger partial charge in [-0.25, -0.2) is 0 Å². The fourth-order valence-corrected chi connectivity index (χ4v) is 3.89. The Morgan fingerprint density at radius 1 is 1.07 bits per heavy atom. The first-order chi connectivity index (χ1) is 13.5. The molecule has 2 aromatic rings. The van der Waals surface area contributed by atoms with Gasteiger partial charge in [0.05, 0.1) is 13.5 Å². The van der Waals surface area contributed by atoms with Crippen LogP contribution in [-0.2, 0) is 16.0 Å². The van der Waals surface area contributed by atoms with Gasteiger partial charge in [-0.15, -0.1) is 0 Å². The molecule has 2 N–H and O–H groups in total. The Balaban J connectivity index is 1.72. The number of rotatable bonds is 6. The monoisotopic (exact) mass is 444 g/mol. The van der Waals surface area contributed by atoms with Gasteiger partial charge in [0.15, 0.2) is 0 Å². The lowest BCUT2D eigenvalue weighted by molar-refractivity contribution is -0.131. The summed E-state index contributed by atoms with van der Waals surface area (Å²) in [5.41, 5.74) is 0.720. The molecule has 0 spiro atoms. The van der Waals surface area contributed by atoms with E-state index in [0.29, 0.717) is 18.6 Å². The maximum absolute atomic E-state index is 13.1. The van der Waals surface area contributed by atoms with Gasteiger partial charge in [0.1, 0.15) is 11.3 Å². The molecule has 0 unspecified atom stereocenters. The van der Waals surface area contributed by atoms with Crippen LogP contribution >= 0.6 is 15.9 Å². The van der Waals surface area contributed by atoms with Crippen LogP contribution in [-0.4, -0.2) is 24.5 Å². The molecule has 1 fully saturated rings. The van der Waals surface area contributed by atoms with Crippen molar-refractivity contribution in [1.82, 2.24) is 5.32 Å². The van der Waals surface area contributed by atoms with E-state index in [0.717, 1.165) is 35.0 Å². The molecule has 3 rings (SSSR count). The van der Waals surface area contributed by atoms with Crippen molar-refractivity contribution < 1.29 is 14.3 Å². The largest absolute Gasteiger partial charge is 0.497 e. The summed E-state index contributed by atoms with van der Waals surface area (Å²) < 4.78 is 6.17. The van der Waals surface area contributed by atoms with Crippen molar-refractivity contribution in [2.24, 2.45) is 0 Å². The molecule has 6 heteroatoms. The van der Waals surface area contributed by atoms with Crippen LogP contribution in [0.2, 0.25) is 0 Å². The Kier molecular flexibility index (Phi) is 6.73. The highest BCUT2D eigenvalue weighted by Gasteiger charge is 2.40. The Morgan fingerprint density at radius 2 is 1.79 bits per heavy atom. The molecule has 0 radical (unpaired) electrons. The number of benzene rings is 2. The molecular weight excluding hydrogens is 420 g/mol. The number of ether oxygens (including phenoxy) is 1. The zero-order chi connectivity index (χ0) is 20.0. The van der Waals surface area contributed by atoms with Crippen molar-refractivity contribution in [3.8, 4) is 5.75 Å². The van der Waals surface area contributed by atoms with E-state index < -0.39 is 5.54 Å². The fourth-order valence-electron chi connectivity index (χ4n) is 3.63. The predicted octanol–water partition coefficient (Wildman–Crippen LogP) is 4.46. The molecule has 0 aromatic heterocycles. The number of hydrogen-bond acceptors (Lipinski definition) is 3. The van der Waals surface area contributed by atoms with Gasteiger partial charge in [0.25, 0.3) is 0 Å². The predicted molar refractivity (Wildman–Crippen MR) is 113 cm³/mol. The van der Waals surface area contributed by atoms with Crippen molar-refractivity contribution in [2.75, 3.05) is 12.4 Å². The van der Waals surface area contributed by atoms with E-state index in [1.54, 1.807) is 7.11 Å². The van der Waals surface area contributed by atoms with Crippen LogP contribution in [0, 0.1) is 0 Å². The summed E-state index contributed by atoms with van der Waals surface area (Å²) in [5, 5.41) is 6.02. The molecule has 0 aliphatic heterocycles. The summed E-state index contributed by atoms with van der Waals surface area (Å²) in [5.74, 6) is 0.417. The smallest absolute Gasteiger partial charge is 0.250 e. The number of carbonyl (C=O) groups excluding carboxylic acids is 2. The minimum Gasteiger partial charge on any atom is -0.497 e. The summed E-state index contributed by atoms with van der Waals surface area (Å²) in [6, 6.07) is 14.9. The average molecular weight is 445 g/mol. The second-order valence-electron chi connectivity index (χ2n) is 7.18. The molecule has 2 aromatic carbocycles. The molecule has 0 heterocycles. The first-order valence-corrected chi connectivity index (χ1v) is 10.3. The molecule has 148 valence electrons. The van der Waals surface area contributed by atoms with Crippen LogP contribution in [0.1, 0.15) is 37.7 Å². The summed E-state index contributed by atoms with van der Waals surface area (Å²) in [4.78, 5) is 25.9. The summed E-state index contributed by atoms with van der Waals surface area (Å²) in [6.45, 7) is 0. The van der Waals surface area contributed by atoms with Crippen LogP contribution in [0.15, 0.2) is 53.0 Å². The van der Waals surface area contributed by atoms with Gasteiger partial charge in [-0.3, -0.25) is 9.59 Å². The van der Waals surface area contributed by atoms with Crippen molar-refractivity contribution in [3.05, 3.63) is 58.6 Å². The van der Waals surface area contributed by atoms with Crippen LogP contribution in [0.3, 0.4) is 0 Å². The first kappa shape index (κ1) is 20.4. The molecule has 28 heavy (non-hydrogen) atoms. The highest BCUT2D eigenvalue weighted by Crippen LogP contribution is 2.30. The number of hydrogen-bond donors (Lipinski definition) is 2. The number of nitrogens with one attached hydrogen (secondary N) is 2. The second-order valence-corrected chi connectivity index (χ2v) is 8.10. The van der Waals surface area contributed by atoms with E-state index in [1.807, 2.05) is 48.5 Å². The molecule has 1 aliphatic carbocycles. The molecule has 1 saturated carbocycles. The highest BCUT2D eigenvalue weighted by molar-refractivity contribution is 9.10. The second kappa shape index (κ2) is 9.24. The molecule has 0 atom stereocenters. The summed E-state index contributed by atoms with van der Waals surface area (Å²) >= 11 is 3.39. The number of carbonyl (C=O) groups is 2. The lowest BCUT2D eigenvalue weighted by atomic mass is 9.80. The van der Waals surface area contributed by atoms with Gasteiger partial charge in [-0.1, -0.05) is 47.3 Å². The van der Waals surface area contributed by atoms with E-state index in [-0.39, 0.29) is 18.2 Å². The van der Waals surface area contributed by atoms with Gasteiger partial charge in [-0.2, -0.15) is 0 Å². The van der Waals surface area contributed by atoms with Gasteiger partial charge in [0.2, 0.25) is 11.8 Å². The Labute approximate surface area is 174 Å². The Hall–Kier alpha value is -2.34. The van der Waals surface area contributed by atoms with Crippen molar-refractivity contribution in [2.45, 2.75) is 44.1 Å². The Morgan fingerprint density at radius 3 is 2.46 bits per heavy atom. The van der Waals surface area contributed by atoms with Gasteiger partial charge < -0.3 is 15.4 Å². The molecule has 1 aliphatic rings. The Bertz CT molecular complexity index is 830. The van der Waals surface area contributed by atoms with E-state index in [1.165, 1.54) is 0 Å². The van der Waals surface area contributed by atoms with Crippen LogP contribution in [0.25, 0.3) is 0 Å². The van der Waals surface area contributed by atoms with Gasteiger partial charge in [0, 0.05) is 10.2 Å². The minimum atomic E-state index is -0.860. The maximum Gasteiger partial charge on any atom is 0.250 e. The van der Waals surface area contributed by atoms with E-state index in [9.17, 15) is 9.59 Å². The zero-order valence-corrected chi connectivity index (χ0v) is 17.6. The lowest BCUT2D eigenvalue weighted by Gasteiger charge is -2.36. The lowest BCUT2D eigenvalue weighted by Crippen LogP contribution is -2.58. The third-order valence-electron chi connectivity index (χ3n) is 5.12. The summed E-state index contributed by atoms with van der Waals surface area (Å²) in [6.07, 6.45) is 4.45. The quantitative estimate of drug-likeness (QED) is 0.690. The summed E-state index contributed by atoms with van der Waals surface area (Å²) in [7, 11) is 1.60. The SMILES string of the molecule is COc1cccc(CC(=O)NC2(C(=O)Nc3ccc(Br)cc3)CCCCC2)c1. The van der Waals surface area contributed by atoms with Crippen molar-refractivity contribution >= 4 is 33.4 Å².